The van der Waals surface area contributed by atoms with Crippen LogP contribution in [0.1, 0.15) is 0 Å². The van der Waals surface area contributed by atoms with Crippen molar-refractivity contribution in [2.75, 3.05) is 0 Å². The Morgan fingerprint density at radius 2 is 0.350 bits per heavy atom. The molecule has 0 amide bonds. The van der Waals surface area contributed by atoms with Crippen molar-refractivity contribution in [3.05, 3.63) is 425 Å². The second-order valence-electron chi connectivity index (χ2n) is 30.6. The Balaban J connectivity index is 0.000000104. The van der Waals surface area contributed by atoms with E-state index in [-0.39, 0.29) is 0 Å². The maximum Gasteiger partial charge on any atom is 0.143 e. The van der Waals surface area contributed by atoms with E-state index >= 15 is 0 Å². The molecule has 0 fully saturated rings. The fourth-order valence-corrected chi connectivity index (χ4v) is 19.1. The van der Waals surface area contributed by atoms with Crippen LogP contribution in [0.2, 0.25) is 0 Å². The van der Waals surface area contributed by atoms with Crippen molar-refractivity contribution < 1.29 is 13.3 Å². The second kappa shape index (κ2) is 27.8. The van der Waals surface area contributed by atoms with Gasteiger partial charge in [0, 0.05) is 49.0 Å². The summed E-state index contributed by atoms with van der Waals surface area (Å²) in [5.74, 6) is 0. The lowest BCUT2D eigenvalue weighted by molar-refractivity contribution is 0.669. The Kier molecular flexibility index (Phi) is 16.0. The van der Waals surface area contributed by atoms with E-state index in [0.717, 1.165) is 82.5 Å². The van der Waals surface area contributed by atoms with Crippen LogP contribution in [-0.4, -0.2) is 0 Å². The van der Waals surface area contributed by atoms with Crippen molar-refractivity contribution in [3.63, 3.8) is 0 Å². The zero-order valence-electron chi connectivity index (χ0n) is 63.6. The molecule has 25 rings (SSSR count). The third-order valence-electron chi connectivity index (χ3n) is 24.2. The van der Waals surface area contributed by atoms with Crippen molar-refractivity contribution in [2.45, 2.75) is 0 Å². The van der Waals surface area contributed by atoms with E-state index in [1.165, 1.54) is 158 Å². The van der Waals surface area contributed by atoms with Gasteiger partial charge in [-0.3, -0.25) is 0 Å². The van der Waals surface area contributed by atoms with Gasteiger partial charge in [-0.25, -0.2) is 0 Å². The van der Waals surface area contributed by atoms with Gasteiger partial charge in [0.05, 0.1) is 0 Å². The molecule has 3 heteroatoms. The number of furan rings is 3. The third kappa shape index (κ3) is 11.0. The summed E-state index contributed by atoms with van der Waals surface area (Å²) in [6, 6.07) is 152. The molecule has 22 aromatic carbocycles. The summed E-state index contributed by atoms with van der Waals surface area (Å²) in [6.07, 6.45) is 0. The first kappa shape index (κ1) is 67.3. The van der Waals surface area contributed by atoms with E-state index in [2.05, 4.69) is 394 Å². The van der Waals surface area contributed by atoms with Crippen LogP contribution in [0.15, 0.2) is 438 Å². The van der Waals surface area contributed by atoms with Gasteiger partial charge in [-0.1, -0.05) is 394 Å². The minimum Gasteiger partial charge on any atom is -0.456 e. The van der Waals surface area contributed by atoms with Crippen LogP contribution in [0.4, 0.5) is 0 Å². The number of para-hydroxylation sites is 5. The maximum atomic E-state index is 6.51. The lowest BCUT2D eigenvalue weighted by Crippen LogP contribution is -1.91. The smallest absolute Gasteiger partial charge is 0.143 e. The van der Waals surface area contributed by atoms with E-state index in [9.17, 15) is 0 Å². The second-order valence-corrected chi connectivity index (χ2v) is 30.6. The van der Waals surface area contributed by atoms with Crippen LogP contribution in [-0.2, 0) is 0 Å². The molecule has 544 valence electrons. The average molecular weight is 1490 g/mol. The average Bonchev–Trinajstić information content (AvgIpc) is 1.46. The fraction of sp³-hybridized carbons (Fsp3) is 0. The number of hydrogen-bond acceptors (Lipinski definition) is 3. The summed E-state index contributed by atoms with van der Waals surface area (Å²) in [7, 11) is 0. The van der Waals surface area contributed by atoms with Gasteiger partial charge in [0.25, 0.3) is 0 Å². The molecule has 0 saturated heterocycles. The van der Waals surface area contributed by atoms with E-state index < -0.39 is 0 Å². The molecule has 3 aromatic heterocycles. The highest BCUT2D eigenvalue weighted by atomic mass is 16.3. The highest BCUT2D eigenvalue weighted by molar-refractivity contribution is 6.29. The minimum absolute atomic E-state index is 0.922. The van der Waals surface area contributed by atoms with Crippen LogP contribution in [0.5, 0.6) is 0 Å². The molecule has 0 atom stereocenters. The van der Waals surface area contributed by atoms with Gasteiger partial charge in [0.2, 0.25) is 0 Å². The summed E-state index contributed by atoms with van der Waals surface area (Å²) >= 11 is 0. The fourth-order valence-electron chi connectivity index (χ4n) is 19.1. The van der Waals surface area contributed by atoms with Crippen LogP contribution >= 0.6 is 0 Å². The van der Waals surface area contributed by atoms with Crippen molar-refractivity contribution in [3.8, 4) is 77.9 Å². The molecule has 117 heavy (non-hydrogen) atoms. The number of rotatable bonds is 7. The summed E-state index contributed by atoms with van der Waals surface area (Å²) < 4.78 is 19.0. The lowest BCUT2D eigenvalue weighted by atomic mass is 9.84. The number of fused-ring (bicyclic) bond motifs is 18. The predicted octanol–water partition coefficient (Wildman–Crippen LogP) is 32.8. The molecular weight excluding hydrogens is 1420 g/mol. The van der Waals surface area contributed by atoms with Gasteiger partial charge in [-0.15, -0.1) is 0 Å². The first-order valence-corrected chi connectivity index (χ1v) is 40.2. The van der Waals surface area contributed by atoms with E-state index in [0.29, 0.717) is 0 Å². The zero-order valence-corrected chi connectivity index (χ0v) is 63.6. The molecule has 0 aliphatic rings. The van der Waals surface area contributed by atoms with Crippen molar-refractivity contribution in [2.24, 2.45) is 0 Å². The molecule has 0 radical (unpaired) electrons. The molecule has 0 N–H and O–H groups in total. The molecular formula is C114H70O3. The molecule has 0 saturated carbocycles. The van der Waals surface area contributed by atoms with Crippen molar-refractivity contribution >= 4 is 163 Å². The largest absolute Gasteiger partial charge is 0.456 e. The number of hydrogen-bond donors (Lipinski definition) is 0. The summed E-state index contributed by atoms with van der Waals surface area (Å²) in [6.45, 7) is 0. The van der Waals surface area contributed by atoms with Gasteiger partial charge in [-0.2, -0.15) is 0 Å². The monoisotopic (exact) mass is 1490 g/mol. The SMILES string of the molecule is c1ccc2c(-c3c4ccccc4c(-c4ccc(-c5cccc6c5oc5ccccc56)cc4)c4ccccc34)cccc2c1.c1ccc2c(-c3c4ccccc4c(-c4ccc5oc6ccccc6c5c4)c4ccccc34)cccc2c1.c1ccc2c(-c3c4ccccc4c(-c4cccc5c4oc4ccccc45)c4ccccc34)cccc2c1. The summed E-state index contributed by atoms with van der Waals surface area (Å²) in [5.41, 5.74) is 22.8. The van der Waals surface area contributed by atoms with Crippen molar-refractivity contribution in [1.29, 1.82) is 0 Å². The molecule has 3 nitrogen and oxygen atoms in total. The lowest BCUT2D eigenvalue weighted by Gasteiger charge is -2.19. The molecule has 25 aromatic rings. The van der Waals surface area contributed by atoms with Gasteiger partial charge < -0.3 is 13.3 Å². The van der Waals surface area contributed by atoms with Crippen LogP contribution < -0.4 is 0 Å². The van der Waals surface area contributed by atoms with Crippen LogP contribution in [0.3, 0.4) is 0 Å². The summed E-state index contributed by atoms with van der Waals surface area (Å²) in [5, 5.41) is 29.6. The Labute approximate surface area is 674 Å². The topological polar surface area (TPSA) is 39.4 Å². The summed E-state index contributed by atoms with van der Waals surface area (Å²) in [4.78, 5) is 0. The molecule has 0 unspecified atom stereocenters. The Morgan fingerprint density at radius 1 is 0.120 bits per heavy atom. The first-order valence-electron chi connectivity index (χ1n) is 40.2. The molecule has 0 bridgehead atoms. The number of benzene rings is 22. The molecule has 0 aliphatic carbocycles. The minimum atomic E-state index is 0.922. The van der Waals surface area contributed by atoms with Gasteiger partial charge >= 0.3 is 0 Å². The van der Waals surface area contributed by atoms with Crippen LogP contribution in [0.25, 0.3) is 241 Å². The maximum absolute atomic E-state index is 6.51. The molecule has 3 heterocycles. The normalized spacial score (nSPS) is 11.8. The first-order chi connectivity index (χ1) is 58.1. The Morgan fingerprint density at radius 3 is 0.735 bits per heavy atom. The molecule has 0 spiro atoms. The predicted molar refractivity (Wildman–Crippen MR) is 497 cm³/mol. The standard InChI is InChI=1S/C42H26O.2C36H22O/c1-2-13-30-27(11-1)12-9-20-33(30)41-36-17-5-3-15-34(36)40(35-16-4-6-18-37(35)41)29-25-23-28(24-26-29)31-19-10-21-38-32-14-7-8-22-39(32)43-42(31)38;1-2-13-24-23(11-1)12-9-19-26(24)34-27-15-3-5-17-29(27)35(30-18-6-4-16-28(30)34)32-21-10-20-31-25-14-7-8-22-33(25)37-36(31)32;1-2-12-25-23(10-1)11-9-18-27(25)36-30-16-5-3-14-28(30)35(29-15-4-6-17-31(29)36)24-20-21-34-32(22-24)26-13-7-8-19-33(26)37-34/h1-26H;2*1-22H. The third-order valence-corrected chi connectivity index (χ3v) is 24.2. The van der Waals surface area contributed by atoms with E-state index in [1.54, 1.807) is 0 Å². The quantitative estimate of drug-likeness (QED) is 0.149. The highest BCUT2D eigenvalue weighted by Gasteiger charge is 2.25. The van der Waals surface area contributed by atoms with Crippen molar-refractivity contribution in [1.82, 2.24) is 0 Å². The van der Waals surface area contributed by atoms with Gasteiger partial charge in [0.15, 0.2) is 0 Å². The van der Waals surface area contributed by atoms with Gasteiger partial charge in [-0.05, 0) is 188 Å². The van der Waals surface area contributed by atoms with E-state index in [1.807, 2.05) is 30.3 Å². The Bertz CT molecular complexity index is 8140. The Hall–Kier alpha value is -15.4. The highest BCUT2D eigenvalue weighted by Crippen LogP contribution is 2.52. The van der Waals surface area contributed by atoms with Gasteiger partial charge in [0.1, 0.15) is 33.5 Å². The van der Waals surface area contributed by atoms with Crippen LogP contribution in [0, 0.1) is 0 Å². The molecule has 0 aliphatic heterocycles. The van der Waals surface area contributed by atoms with E-state index in [4.69, 9.17) is 13.3 Å². The zero-order chi connectivity index (χ0) is 77.0.